The lowest BCUT2D eigenvalue weighted by atomic mass is 10.0. The largest absolute Gasteiger partial charge is 0.466 e. The van der Waals surface area contributed by atoms with Gasteiger partial charge in [0, 0.05) is 18.7 Å². The Labute approximate surface area is 209 Å². The van der Waals surface area contributed by atoms with Crippen LogP contribution in [0.25, 0.3) is 11.1 Å². The Hall–Kier alpha value is -3.15. The summed E-state index contributed by atoms with van der Waals surface area (Å²) in [6.07, 6.45) is 9.21. The Balaban J connectivity index is 1.49. The molecule has 0 spiro atoms. The molecule has 6 nitrogen and oxygen atoms in total. The molecule has 1 unspecified atom stereocenters. The van der Waals surface area contributed by atoms with E-state index in [2.05, 4.69) is 12.2 Å². The van der Waals surface area contributed by atoms with Crippen molar-refractivity contribution >= 4 is 17.8 Å². The number of carbonyl (C=O) groups excluding carboxylic acids is 3. The van der Waals surface area contributed by atoms with Gasteiger partial charge in [0.05, 0.1) is 13.0 Å². The number of hydrogen-bond acceptors (Lipinski definition) is 4. The molecule has 6 heteroatoms. The monoisotopic (exact) mass is 478 g/mol. The smallest absolute Gasteiger partial charge is 0.308 e. The van der Waals surface area contributed by atoms with Gasteiger partial charge >= 0.3 is 5.97 Å². The van der Waals surface area contributed by atoms with E-state index < -0.39 is 12.0 Å². The molecular formula is C29H38N2O4. The highest BCUT2D eigenvalue weighted by Gasteiger charge is 2.35. The lowest BCUT2D eigenvalue weighted by molar-refractivity contribution is -0.147. The molecule has 0 aliphatic carbocycles. The zero-order valence-corrected chi connectivity index (χ0v) is 20.8. The SMILES string of the molecule is CCCCCCCCCCOC(=O)CC1C(=O)NCCN1C(=O)c1ccc(-c2ccccc2)cc1. The Morgan fingerprint density at radius 2 is 1.51 bits per heavy atom. The van der Waals surface area contributed by atoms with Crippen LogP contribution in [0.2, 0.25) is 0 Å². The number of nitrogens with zero attached hydrogens (tertiary/aromatic N) is 1. The number of piperazine rings is 1. The molecule has 3 rings (SSSR count). The Kier molecular flexibility index (Phi) is 10.8. The maximum atomic E-state index is 13.2. The van der Waals surface area contributed by atoms with E-state index in [4.69, 9.17) is 4.74 Å². The van der Waals surface area contributed by atoms with Crippen LogP contribution in [0.3, 0.4) is 0 Å². The fourth-order valence-corrected chi connectivity index (χ4v) is 4.40. The van der Waals surface area contributed by atoms with Gasteiger partial charge < -0.3 is 15.0 Å². The Morgan fingerprint density at radius 1 is 0.886 bits per heavy atom. The number of nitrogens with one attached hydrogen (secondary N) is 1. The van der Waals surface area contributed by atoms with Crippen LogP contribution in [0, 0.1) is 0 Å². The second-order valence-corrected chi connectivity index (χ2v) is 9.15. The van der Waals surface area contributed by atoms with Crippen molar-refractivity contribution in [1.29, 1.82) is 0 Å². The van der Waals surface area contributed by atoms with Gasteiger partial charge in [0.2, 0.25) is 5.91 Å². The summed E-state index contributed by atoms with van der Waals surface area (Å²) in [7, 11) is 0. The van der Waals surface area contributed by atoms with Gasteiger partial charge in [-0.2, -0.15) is 0 Å². The van der Waals surface area contributed by atoms with Crippen LogP contribution < -0.4 is 5.32 Å². The molecule has 188 valence electrons. The van der Waals surface area contributed by atoms with Gasteiger partial charge in [0.25, 0.3) is 5.91 Å². The minimum Gasteiger partial charge on any atom is -0.466 e. The lowest BCUT2D eigenvalue weighted by Crippen LogP contribution is -2.57. The standard InChI is InChI=1S/C29H38N2O4/c1-2-3-4-5-6-7-8-12-21-35-27(32)22-26-28(33)30-19-20-31(26)29(34)25-17-15-24(16-18-25)23-13-10-9-11-14-23/h9-11,13-18,26H,2-8,12,19-22H2,1H3,(H,30,33). The van der Waals surface area contributed by atoms with Crippen molar-refractivity contribution in [2.45, 2.75) is 70.8 Å². The normalized spacial score (nSPS) is 15.5. The Morgan fingerprint density at radius 3 is 2.20 bits per heavy atom. The molecule has 1 aliphatic rings. The van der Waals surface area contributed by atoms with E-state index in [9.17, 15) is 14.4 Å². The zero-order chi connectivity index (χ0) is 24.9. The first-order chi connectivity index (χ1) is 17.1. The van der Waals surface area contributed by atoms with Crippen molar-refractivity contribution in [2.75, 3.05) is 19.7 Å². The number of unbranched alkanes of at least 4 members (excludes halogenated alkanes) is 7. The van der Waals surface area contributed by atoms with Gasteiger partial charge in [-0.05, 0) is 29.7 Å². The fourth-order valence-electron chi connectivity index (χ4n) is 4.40. The minimum atomic E-state index is -0.851. The maximum Gasteiger partial charge on any atom is 0.308 e. The summed E-state index contributed by atoms with van der Waals surface area (Å²) in [5.74, 6) is -0.998. The molecule has 2 aromatic rings. The maximum absolute atomic E-state index is 13.2. The van der Waals surface area contributed by atoms with Crippen LogP contribution in [0.1, 0.15) is 75.1 Å². The fraction of sp³-hybridized carbons (Fsp3) is 0.483. The molecule has 2 amide bonds. The first-order valence-corrected chi connectivity index (χ1v) is 13.0. The number of hydrogen-bond donors (Lipinski definition) is 1. The number of esters is 1. The van der Waals surface area contributed by atoms with Crippen molar-refractivity contribution < 1.29 is 19.1 Å². The van der Waals surface area contributed by atoms with Crippen LogP contribution in [-0.4, -0.2) is 48.4 Å². The molecule has 1 N–H and O–H groups in total. The first-order valence-electron chi connectivity index (χ1n) is 13.0. The van der Waals surface area contributed by atoms with E-state index in [1.54, 1.807) is 12.1 Å². The van der Waals surface area contributed by atoms with Gasteiger partial charge in [0.15, 0.2) is 0 Å². The molecule has 1 atom stereocenters. The summed E-state index contributed by atoms with van der Waals surface area (Å²) in [6.45, 7) is 3.30. The first kappa shape index (κ1) is 26.5. The average molecular weight is 479 g/mol. The number of rotatable bonds is 13. The minimum absolute atomic E-state index is 0.128. The lowest BCUT2D eigenvalue weighted by Gasteiger charge is -2.34. The highest BCUT2D eigenvalue weighted by molar-refractivity contribution is 5.99. The Bertz CT molecular complexity index is 943. The molecular weight excluding hydrogens is 440 g/mol. The topological polar surface area (TPSA) is 75.7 Å². The van der Waals surface area contributed by atoms with Crippen LogP contribution in [0.15, 0.2) is 54.6 Å². The summed E-state index contributed by atoms with van der Waals surface area (Å²) in [5.41, 5.74) is 2.58. The molecule has 35 heavy (non-hydrogen) atoms. The highest BCUT2D eigenvalue weighted by atomic mass is 16.5. The molecule has 0 radical (unpaired) electrons. The van der Waals surface area contributed by atoms with Crippen LogP contribution in [0.4, 0.5) is 0 Å². The van der Waals surface area contributed by atoms with E-state index in [-0.39, 0.29) is 18.2 Å². The second-order valence-electron chi connectivity index (χ2n) is 9.15. The molecule has 2 aromatic carbocycles. The molecule has 0 aromatic heterocycles. The van der Waals surface area contributed by atoms with E-state index in [0.29, 0.717) is 25.3 Å². The van der Waals surface area contributed by atoms with Gasteiger partial charge in [-0.15, -0.1) is 0 Å². The molecule has 1 saturated heterocycles. The highest BCUT2D eigenvalue weighted by Crippen LogP contribution is 2.21. The second kappa shape index (κ2) is 14.3. The number of ether oxygens (including phenoxy) is 1. The van der Waals surface area contributed by atoms with Crippen molar-refractivity contribution in [3.8, 4) is 11.1 Å². The molecule has 0 saturated carbocycles. The van der Waals surface area contributed by atoms with E-state index in [1.165, 1.54) is 37.0 Å². The van der Waals surface area contributed by atoms with E-state index >= 15 is 0 Å². The van der Waals surface area contributed by atoms with Crippen LogP contribution in [-0.2, 0) is 14.3 Å². The third-order valence-electron chi connectivity index (χ3n) is 6.45. The zero-order valence-electron chi connectivity index (χ0n) is 20.8. The predicted molar refractivity (Wildman–Crippen MR) is 138 cm³/mol. The quantitative estimate of drug-likeness (QED) is 0.310. The number of benzene rings is 2. The van der Waals surface area contributed by atoms with Gasteiger partial charge in [0.1, 0.15) is 6.04 Å². The van der Waals surface area contributed by atoms with E-state index in [0.717, 1.165) is 30.4 Å². The molecule has 1 heterocycles. The van der Waals surface area contributed by atoms with Gasteiger partial charge in [-0.25, -0.2) is 0 Å². The average Bonchev–Trinajstić information content (AvgIpc) is 2.89. The third-order valence-corrected chi connectivity index (χ3v) is 6.45. The molecule has 1 fully saturated rings. The van der Waals surface area contributed by atoms with Crippen molar-refractivity contribution in [1.82, 2.24) is 10.2 Å². The molecule has 1 aliphatic heterocycles. The summed E-state index contributed by atoms with van der Waals surface area (Å²) in [6, 6.07) is 16.4. The molecule has 0 bridgehead atoms. The summed E-state index contributed by atoms with van der Waals surface area (Å²) in [4.78, 5) is 39.7. The van der Waals surface area contributed by atoms with Gasteiger partial charge in [-0.1, -0.05) is 94.3 Å². The van der Waals surface area contributed by atoms with Crippen molar-refractivity contribution in [2.24, 2.45) is 0 Å². The summed E-state index contributed by atoms with van der Waals surface area (Å²) >= 11 is 0. The van der Waals surface area contributed by atoms with Crippen LogP contribution >= 0.6 is 0 Å². The van der Waals surface area contributed by atoms with Gasteiger partial charge in [-0.3, -0.25) is 14.4 Å². The number of carbonyl (C=O) groups is 3. The predicted octanol–water partition coefficient (Wildman–Crippen LogP) is 5.37. The van der Waals surface area contributed by atoms with Crippen molar-refractivity contribution in [3.63, 3.8) is 0 Å². The van der Waals surface area contributed by atoms with Crippen LogP contribution in [0.5, 0.6) is 0 Å². The number of amides is 2. The van der Waals surface area contributed by atoms with Crippen molar-refractivity contribution in [3.05, 3.63) is 60.2 Å². The van der Waals surface area contributed by atoms with E-state index in [1.807, 2.05) is 42.5 Å². The third kappa shape index (κ3) is 8.23. The summed E-state index contributed by atoms with van der Waals surface area (Å²) < 4.78 is 5.38. The summed E-state index contributed by atoms with van der Waals surface area (Å²) in [5, 5.41) is 2.77.